The third kappa shape index (κ3) is 13.9. The summed E-state index contributed by atoms with van der Waals surface area (Å²) in [7, 11) is 6.30. The molecule has 0 saturated carbocycles. The predicted octanol–water partition coefficient (Wildman–Crippen LogP) is 7.19. The molecule has 0 spiro atoms. The molecule has 1 aliphatic heterocycles. The van der Waals surface area contributed by atoms with Crippen molar-refractivity contribution >= 4 is 30.0 Å². The van der Waals surface area contributed by atoms with Crippen molar-refractivity contribution in [1.29, 1.82) is 0 Å². The summed E-state index contributed by atoms with van der Waals surface area (Å²) in [5.41, 5.74) is 1.12. The largest absolute Gasteiger partial charge is 0.462 e. The van der Waals surface area contributed by atoms with Gasteiger partial charge in [-0.2, -0.15) is 0 Å². The highest BCUT2D eigenvalue weighted by atomic mass is 16.5. The SMILES string of the molecule is COC(CC1OC(=O)CC(O)CCCC(=O)C(C)C(OC)c2coc(n2)-c2coc(n2)-c2coc(n2)C=CCCC1C)C(C)CCC(=O)C(C)C(CC=CN(C)C=O)OC. The van der Waals surface area contributed by atoms with Crippen LogP contribution in [0.15, 0.2) is 50.4 Å². The Morgan fingerprint density at radius 1 is 0.983 bits per heavy atom. The second kappa shape index (κ2) is 23.9. The van der Waals surface area contributed by atoms with Crippen molar-refractivity contribution in [2.75, 3.05) is 28.4 Å². The number of amides is 1. The summed E-state index contributed by atoms with van der Waals surface area (Å²) in [6.07, 6.45) is 12.6. The molecule has 0 aromatic carbocycles. The van der Waals surface area contributed by atoms with Crippen LogP contribution in [0.4, 0.5) is 0 Å². The molecule has 1 N–H and O–H groups in total. The van der Waals surface area contributed by atoms with E-state index in [0.29, 0.717) is 74.3 Å². The summed E-state index contributed by atoms with van der Waals surface area (Å²) in [5, 5.41) is 10.9. The molecule has 9 atom stereocenters. The molecule has 6 bridgehead atoms. The molecule has 16 nitrogen and oxygen atoms in total. The zero-order valence-electron chi connectivity index (χ0n) is 36.1. The van der Waals surface area contributed by atoms with Gasteiger partial charge in [0.25, 0.3) is 0 Å². The highest BCUT2D eigenvalue weighted by Gasteiger charge is 2.32. The Labute approximate surface area is 352 Å². The van der Waals surface area contributed by atoms with Crippen LogP contribution >= 0.6 is 0 Å². The third-order valence-corrected chi connectivity index (χ3v) is 11.3. The number of hydrogen-bond donors (Lipinski definition) is 1. The van der Waals surface area contributed by atoms with E-state index in [1.807, 2.05) is 26.8 Å². The lowest BCUT2D eigenvalue weighted by atomic mass is 9.86. The van der Waals surface area contributed by atoms with Crippen LogP contribution in [0.25, 0.3) is 29.2 Å². The van der Waals surface area contributed by atoms with Crippen LogP contribution in [0.5, 0.6) is 0 Å². The van der Waals surface area contributed by atoms with Crippen LogP contribution in [0.1, 0.15) is 110 Å². The zero-order valence-corrected chi connectivity index (χ0v) is 36.1. The molecule has 0 fully saturated rings. The van der Waals surface area contributed by atoms with Crippen LogP contribution in [0.2, 0.25) is 0 Å². The number of rotatable bonds is 15. The van der Waals surface area contributed by atoms with E-state index in [2.05, 4.69) is 15.0 Å². The molecule has 3 aromatic heterocycles. The smallest absolute Gasteiger partial charge is 0.308 e. The van der Waals surface area contributed by atoms with Crippen LogP contribution in [0.3, 0.4) is 0 Å². The minimum Gasteiger partial charge on any atom is -0.462 e. The summed E-state index contributed by atoms with van der Waals surface area (Å²) < 4.78 is 40.3. The number of ether oxygens (including phenoxy) is 4. The highest BCUT2D eigenvalue weighted by Crippen LogP contribution is 2.32. The van der Waals surface area contributed by atoms with Crippen molar-refractivity contribution in [2.45, 2.75) is 122 Å². The Morgan fingerprint density at radius 3 is 2.40 bits per heavy atom. The van der Waals surface area contributed by atoms with E-state index in [-0.39, 0.29) is 72.6 Å². The van der Waals surface area contributed by atoms with Crippen molar-refractivity contribution < 1.29 is 56.5 Å². The number of Topliss-reactive ketones (excluding diaryl/α,β-unsaturated/α-hetero) is 2. The number of fused-ring (bicyclic) bond motifs is 8. The first-order chi connectivity index (χ1) is 28.8. The average molecular weight is 839 g/mol. The standard InChI is InChI=1S/C44H62N4O12/c1-27-13-9-10-17-40-45-33(24-57-40)43-47-34(25-59-43)44-46-32(23-58-44)42(56-8)30(4)35(51)15-11-14-31(50)21-41(53)60-39(27)22-38(55-7)28(2)18-19-36(52)29(3)37(54-6)16-12-20-48(5)26-49/h10,12,17,20,23-31,37-39,42,50H,9,11,13-16,18-19,21-22H2,1-8H3. The van der Waals surface area contributed by atoms with E-state index in [1.165, 1.54) is 30.8 Å². The first-order valence-electron chi connectivity index (χ1n) is 20.7. The molecule has 1 aliphatic rings. The number of aliphatic hydroxyl groups excluding tert-OH is 1. The van der Waals surface area contributed by atoms with Crippen molar-refractivity contribution in [3.63, 3.8) is 0 Å². The molecule has 4 rings (SSSR count). The quantitative estimate of drug-likeness (QED) is 0.119. The normalized spacial score (nSPS) is 23.2. The first kappa shape index (κ1) is 47.9. The number of carbonyl (C=O) groups excluding carboxylic acids is 4. The predicted molar refractivity (Wildman–Crippen MR) is 220 cm³/mol. The molecular weight excluding hydrogens is 776 g/mol. The fourth-order valence-corrected chi connectivity index (χ4v) is 7.29. The van der Waals surface area contributed by atoms with E-state index < -0.39 is 30.2 Å². The number of hydrogen-bond acceptors (Lipinski definition) is 15. The molecule has 4 heterocycles. The molecule has 0 radical (unpaired) electrons. The minimum atomic E-state index is -1.01. The molecule has 3 aromatic rings. The van der Waals surface area contributed by atoms with Crippen LogP contribution in [-0.2, 0) is 38.1 Å². The van der Waals surface area contributed by atoms with Gasteiger partial charge >= 0.3 is 5.97 Å². The van der Waals surface area contributed by atoms with E-state index in [1.54, 1.807) is 46.5 Å². The van der Waals surface area contributed by atoms with Gasteiger partial charge in [-0.3, -0.25) is 19.2 Å². The molecule has 0 saturated heterocycles. The summed E-state index contributed by atoms with van der Waals surface area (Å²) in [5.74, 6) is -0.952. The molecule has 330 valence electrons. The number of oxazole rings is 3. The van der Waals surface area contributed by atoms with Crippen molar-refractivity contribution in [2.24, 2.45) is 23.7 Å². The Kier molecular flexibility index (Phi) is 19.1. The summed E-state index contributed by atoms with van der Waals surface area (Å²) in [6.45, 7) is 7.62. The van der Waals surface area contributed by atoms with Gasteiger partial charge in [-0.1, -0.05) is 39.8 Å². The van der Waals surface area contributed by atoms with Crippen LogP contribution in [0, 0.1) is 23.7 Å². The van der Waals surface area contributed by atoms with Gasteiger partial charge in [0.05, 0.1) is 24.7 Å². The van der Waals surface area contributed by atoms with E-state index in [0.717, 1.165) is 0 Å². The van der Waals surface area contributed by atoms with Crippen molar-refractivity contribution in [1.82, 2.24) is 19.9 Å². The summed E-state index contributed by atoms with van der Waals surface area (Å²) >= 11 is 0. The van der Waals surface area contributed by atoms with E-state index in [9.17, 15) is 24.3 Å². The second-order valence-corrected chi connectivity index (χ2v) is 15.8. The maximum Gasteiger partial charge on any atom is 0.308 e. The van der Waals surface area contributed by atoms with E-state index >= 15 is 0 Å². The van der Waals surface area contributed by atoms with Crippen LogP contribution < -0.4 is 0 Å². The Morgan fingerprint density at radius 2 is 1.68 bits per heavy atom. The summed E-state index contributed by atoms with van der Waals surface area (Å²) in [6, 6.07) is 0. The number of ketones is 2. The summed E-state index contributed by atoms with van der Waals surface area (Å²) in [4.78, 5) is 65.6. The van der Waals surface area contributed by atoms with Gasteiger partial charge in [0.15, 0.2) is 11.4 Å². The molecule has 0 aliphatic carbocycles. The number of carbonyl (C=O) groups is 4. The minimum absolute atomic E-state index is 0.0559. The highest BCUT2D eigenvalue weighted by molar-refractivity contribution is 5.81. The Hall–Kier alpha value is -4.77. The monoisotopic (exact) mass is 838 g/mol. The van der Waals surface area contributed by atoms with Crippen LogP contribution in [-0.4, -0.2) is 102 Å². The van der Waals surface area contributed by atoms with Gasteiger partial charge in [0.2, 0.25) is 24.1 Å². The number of aliphatic hydroxyl groups is 1. The molecule has 60 heavy (non-hydrogen) atoms. The lowest BCUT2D eigenvalue weighted by Gasteiger charge is -2.31. The number of nitrogens with zero attached hydrogens (tertiary/aromatic N) is 4. The Bertz CT molecular complexity index is 1870. The third-order valence-electron chi connectivity index (χ3n) is 11.3. The zero-order chi connectivity index (χ0) is 43.8. The number of esters is 1. The lowest BCUT2D eigenvalue weighted by molar-refractivity contribution is -0.156. The van der Waals surface area contributed by atoms with Gasteiger partial charge in [-0.15, -0.1) is 0 Å². The number of aromatic nitrogens is 3. The fourth-order valence-electron chi connectivity index (χ4n) is 7.29. The molecule has 16 heteroatoms. The molecule has 9 unspecified atom stereocenters. The second-order valence-electron chi connectivity index (χ2n) is 15.8. The van der Waals surface area contributed by atoms with Gasteiger partial charge < -0.3 is 42.2 Å². The Balaban J connectivity index is 1.47. The maximum absolute atomic E-state index is 13.4. The number of methoxy groups -OCH3 is 3. The average Bonchev–Trinajstić information content (AvgIpc) is 4.03. The van der Waals surface area contributed by atoms with E-state index in [4.69, 9.17) is 32.2 Å². The van der Waals surface area contributed by atoms with Gasteiger partial charge in [0.1, 0.15) is 48.3 Å². The topological polar surface area (TPSA) is 207 Å². The maximum atomic E-state index is 13.4. The fraction of sp³-hybridized carbons (Fsp3) is 0.614. The number of cyclic esters (lactones) is 1. The van der Waals surface area contributed by atoms with Gasteiger partial charge in [-0.25, -0.2) is 15.0 Å². The first-order valence-corrected chi connectivity index (χ1v) is 20.7. The van der Waals surface area contributed by atoms with Crippen molar-refractivity contribution in [3.05, 3.63) is 48.7 Å². The molecule has 1 amide bonds. The van der Waals surface area contributed by atoms with Gasteiger partial charge in [0, 0.05) is 65.7 Å². The number of allylic oxidation sites excluding steroid dienone is 1. The van der Waals surface area contributed by atoms with Gasteiger partial charge in [-0.05, 0) is 56.4 Å². The molecular formula is C44H62N4O12. The van der Waals surface area contributed by atoms with Crippen molar-refractivity contribution in [3.8, 4) is 23.2 Å². The lowest BCUT2D eigenvalue weighted by Crippen LogP contribution is -2.34.